The van der Waals surface area contributed by atoms with Crippen LogP contribution in [0.2, 0.25) is 0 Å². The average Bonchev–Trinajstić information content (AvgIpc) is 3.34. The molecule has 1 unspecified atom stereocenters. The third-order valence-electron chi connectivity index (χ3n) is 7.12. The fourth-order valence-corrected chi connectivity index (χ4v) is 4.87. The number of rotatable bonds is 7. The van der Waals surface area contributed by atoms with Gasteiger partial charge in [0.1, 0.15) is 18.2 Å². The molecule has 2 heterocycles. The van der Waals surface area contributed by atoms with Crippen molar-refractivity contribution in [2.75, 3.05) is 43.5 Å². The molecule has 40 heavy (non-hydrogen) atoms. The van der Waals surface area contributed by atoms with Crippen LogP contribution in [0.4, 0.5) is 16.3 Å². The third-order valence-corrected chi connectivity index (χ3v) is 7.12. The number of fused-ring (bicyclic) bond motifs is 1. The number of anilines is 2. The molecule has 0 aliphatic carbocycles. The molecule has 2 N–H and O–H groups in total. The summed E-state index contributed by atoms with van der Waals surface area (Å²) >= 11 is 0. The van der Waals surface area contributed by atoms with Gasteiger partial charge in [0.15, 0.2) is 0 Å². The highest BCUT2D eigenvalue weighted by Crippen LogP contribution is 2.32. The van der Waals surface area contributed by atoms with Crippen molar-refractivity contribution in [1.82, 2.24) is 14.7 Å². The van der Waals surface area contributed by atoms with Crippen molar-refractivity contribution in [3.8, 4) is 11.4 Å². The van der Waals surface area contributed by atoms with Gasteiger partial charge in [0.05, 0.1) is 29.8 Å². The molecule has 2 amide bonds. The monoisotopic (exact) mass is 541 g/mol. The van der Waals surface area contributed by atoms with Crippen LogP contribution in [-0.2, 0) is 10.2 Å². The van der Waals surface area contributed by atoms with E-state index in [4.69, 9.17) is 14.6 Å². The van der Waals surface area contributed by atoms with E-state index >= 15 is 0 Å². The first-order valence-electron chi connectivity index (χ1n) is 13.9. The van der Waals surface area contributed by atoms with Crippen LogP contribution in [0, 0.1) is 6.92 Å². The normalized spacial score (nSPS) is 16.2. The number of nitrogens with zero attached hydrogens (tertiary/aromatic N) is 3. The summed E-state index contributed by atoms with van der Waals surface area (Å²) in [5.41, 5.74) is 3.47. The summed E-state index contributed by atoms with van der Waals surface area (Å²) in [4.78, 5) is 15.6. The van der Waals surface area contributed by atoms with Crippen LogP contribution in [0.5, 0.6) is 5.75 Å². The molecular formula is C32H39N5O3. The van der Waals surface area contributed by atoms with Gasteiger partial charge >= 0.3 is 6.03 Å². The topological polar surface area (TPSA) is 80.7 Å². The van der Waals surface area contributed by atoms with Gasteiger partial charge in [-0.25, -0.2) is 9.48 Å². The summed E-state index contributed by atoms with van der Waals surface area (Å²) < 4.78 is 13.6. The molecule has 8 nitrogen and oxygen atoms in total. The smallest absolute Gasteiger partial charge is 0.324 e. The zero-order valence-corrected chi connectivity index (χ0v) is 24.0. The third kappa shape index (κ3) is 6.46. The summed E-state index contributed by atoms with van der Waals surface area (Å²) in [6, 6.07) is 21.5. The number of hydrogen-bond acceptors (Lipinski definition) is 5. The van der Waals surface area contributed by atoms with Crippen LogP contribution in [0.15, 0.2) is 66.7 Å². The summed E-state index contributed by atoms with van der Waals surface area (Å²) in [6.07, 6.45) is 0.252. The van der Waals surface area contributed by atoms with Gasteiger partial charge in [0.2, 0.25) is 0 Å². The Morgan fingerprint density at radius 1 is 1.05 bits per heavy atom. The largest absolute Gasteiger partial charge is 0.492 e. The standard InChI is InChI=1S/C32H39N5O3/c1-22-10-12-24(13-11-22)37-30(20-29(35-37)32(3,4)5)34-31(38)33-27-14-15-28(26-9-7-6-8-25(26)27)40-19-17-36-16-18-39-23(2)21-36/h6-15,20,23H,16-19,21H2,1-5H3,(H2,33,34,38). The number of benzene rings is 3. The Bertz CT molecular complexity index is 1470. The Hall–Kier alpha value is -3.88. The summed E-state index contributed by atoms with van der Waals surface area (Å²) in [5, 5.41) is 12.7. The van der Waals surface area contributed by atoms with E-state index < -0.39 is 0 Å². The van der Waals surface area contributed by atoms with Crippen LogP contribution in [0.3, 0.4) is 0 Å². The van der Waals surface area contributed by atoms with Gasteiger partial charge in [-0.2, -0.15) is 5.10 Å². The predicted octanol–water partition coefficient (Wildman–Crippen LogP) is 6.37. The van der Waals surface area contributed by atoms with Gasteiger partial charge in [-0.15, -0.1) is 0 Å². The Morgan fingerprint density at radius 3 is 2.52 bits per heavy atom. The molecule has 0 spiro atoms. The predicted molar refractivity (Wildman–Crippen MR) is 161 cm³/mol. The van der Waals surface area contributed by atoms with E-state index in [-0.39, 0.29) is 17.6 Å². The molecular weight excluding hydrogens is 502 g/mol. The molecule has 1 aliphatic rings. The summed E-state index contributed by atoms with van der Waals surface area (Å²) in [7, 11) is 0. The number of aromatic nitrogens is 2. The second-order valence-electron chi connectivity index (χ2n) is 11.5. The lowest BCUT2D eigenvalue weighted by Gasteiger charge is -2.30. The molecule has 5 rings (SSSR count). The van der Waals surface area contributed by atoms with E-state index in [1.165, 1.54) is 0 Å². The minimum Gasteiger partial charge on any atom is -0.492 e. The SMILES string of the molecule is Cc1ccc(-n2nc(C(C)(C)C)cc2NC(=O)Nc2ccc(OCCN3CCOC(C)C3)c3ccccc23)cc1. The molecule has 1 aliphatic heterocycles. The number of nitrogens with one attached hydrogen (secondary N) is 2. The first kappa shape index (κ1) is 27.7. The highest BCUT2D eigenvalue weighted by atomic mass is 16.5. The number of ether oxygens (including phenoxy) is 2. The van der Waals surface area contributed by atoms with E-state index in [2.05, 4.69) is 43.2 Å². The van der Waals surface area contributed by atoms with Crippen molar-refractivity contribution >= 4 is 28.3 Å². The molecule has 3 aromatic carbocycles. The minimum absolute atomic E-state index is 0.172. The number of urea groups is 1. The lowest BCUT2D eigenvalue weighted by atomic mass is 9.92. The molecule has 0 saturated carbocycles. The van der Waals surface area contributed by atoms with Crippen molar-refractivity contribution in [3.05, 3.63) is 78.0 Å². The van der Waals surface area contributed by atoms with Crippen molar-refractivity contribution in [1.29, 1.82) is 0 Å². The average molecular weight is 542 g/mol. The van der Waals surface area contributed by atoms with E-state index in [1.807, 2.05) is 73.7 Å². The number of carbonyl (C=O) groups is 1. The molecule has 1 atom stereocenters. The number of carbonyl (C=O) groups excluding carboxylic acids is 1. The van der Waals surface area contributed by atoms with Gasteiger partial charge in [-0.05, 0) is 38.1 Å². The Labute approximate surface area is 236 Å². The lowest BCUT2D eigenvalue weighted by molar-refractivity contribution is -0.0213. The number of amides is 2. The lowest BCUT2D eigenvalue weighted by Crippen LogP contribution is -2.42. The van der Waals surface area contributed by atoms with Crippen molar-refractivity contribution in [2.24, 2.45) is 0 Å². The van der Waals surface area contributed by atoms with Crippen LogP contribution < -0.4 is 15.4 Å². The van der Waals surface area contributed by atoms with Crippen molar-refractivity contribution < 1.29 is 14.3 Å². The Kier molecular flexibility index (Phi) is 8.09. The van der Waals surface area contributed by atoms with Crippen LogP contribution in [0.25, 0.3) is 16.5 Å². The molecule has 210 valence electrons. The minimum atomic E-state index is -0.339. The van der Waals surface area contributed by atoms with Gasteiger partial charge in [-0.1, -0.05) is 62.7 Å². The van der Waals surface area contributed by atoms with Crippen molar-refractivity contribution in [2.45, 2.75) is 46.1 Å². The fourth-order valence-electron chi connectivity index (χ4n) is 4.87. The molecule has 8 heteroatoms. The fraction of sp³-hybridized carbons (Fsp3) is 0.375. The molecule has 4 aromatic rings. The molecule has 0 radical (unpaired) electrons. The van der Waals surface area contributed by atoms with Crippen LogP contribution in [0.1, 0.15) is 39.0 Å². The first-order chi connectivity index (χ1) is 19.2. The molecule has 0 bridgehead atoms. The maximum atomic E-state index is 13.3. The van der Waals surface area contributed by atoms with Crippen LogP contribution >= 0.6 is 0 Å². The maximum Gasteiger partial charge on any atom is 0.324 e. The summed E-state index contributed by atoms with van der Waals surface area (Å²) in [6.45, 7) is 14.5. The number of aryl methyl sites for hydroxylation is 1. The Balaban J connectivity index is 1.32. The van der Waals surface area contributed by atoms with Crippen molar-refractivity contribution in [3.63, 3.8) is 0 Å². The van der Waals surface area contributed by atoms with E-state index in [9.17, 15) is 4.79 Å². The van der Waals surface area contributed by atoms with E-state index in [0.29, 0.717) is 18.1 Å². The van der Waals surface area contributed by atoms with E-state index in [1.54, 1.807) is 4.68 Å². The number of morpholine rings is 1. The summed E-state index contributed by atoms with van der Waals surface area (Å²) in [5.74, 6) is 1.41. The number of hydrogen-bond donors (Lipinski definition) is 2. The molecule has 1 saturated heterocycles. The van der Waals surface area contributed by atoms with Crippen LogP contribution in [-0.4, -0.2) is 59.7 Å². The molecule has 1 fully saturated rings. The zero-order valence-electron chi connectivity index (χ0n) is 24.0. The van der Waals surface area contributed by atoms with Gasteiger partial charge < -0.3 is 14.8 Å². The highest BCUT2D eigenvalue weighted by molar-refractivity contribution is 6.07. The van der Waals surface area contributed by atoms with Gasteiger partial charge in [0, 0.05) is 41.9 Å². The second kappa shape index (κ2) is 11.7. The van der Waals surface area contributed by atoms with Gasteiger partial charge in [0.25, 0.3) is 0 Å². The van der Waals surface area contributed by atoms with Gasteiger partial charge in [-0.3, -0.25) is 10.2 Å². The van der Waals surface area contributed by atoms with E-state index in [0.717, 1.165) is 59.7 Å². The second-order valence-corrected chi connectivity index (χ2v) is 11.5. The molecule has 1 aromatic heterocycles. The Morgan fingerprint density at radius 2 is 1.80 bits per heavy atom. The first-order valence-corrected chi connectivity index (χ1v) is 13.9. The quantitative estimate of drug-likeness (QED) is 0.284. The maximum absolute atomic E-state index is 13.3. The highest BCUT2D eigenvalue weighted by Gasteiger charge is 2.22. The zero-order chi connectivity index (χ0) is 28.3.